The van der Waals surface area contributed by atoms with Gasteiger partial charge in [-0.05, 0) is 52.7 Å². The first-order valence-corrected chi connectivity index (χ1v) is 7.52. The molecule has 0 aliphatic rings. The third kappa shape index (κ3) is 5.91. The summed E-state index contributed by atoms with van der Waals surface area (Å²) in [4.78, 5) is 14.3. The van der Waals surface area contributed by atoms with E-state index >= 15 is 0 Å². The smallest absolute Gasteiger partial charge is 0.325 e. The van der Waals surface area contributed by atoms with E-state index in [2.05, 4.69) is 31.0 Å². The van der Waals surface area contributed by atoms with Crippen LogP contribution in [-0.2, 0) is 9.53 Å². The minimum atomic E-state index is -0.557. The van der Waals surface area contributed by atoms with Crippen molar-refractivity contribution in [3.05, 3.63) is 0 Å². The lowest BCUT2D eigenvalue weighted by atomic mass is 9.95. The molecule has 4 nitrogen and oxygen atoms in total. The molecule has 0 aromatic carbocycles. The molecule has 2 unspecified atom stereocenters. The van der Waals surface area contributed by atoms with Crippen LogP contribution in [0.15, 0.2) is 0 Å². The Kier molecular flexibility index (Phi) is 9.02. The molecule has 1 N–H and O–H groups in total. The van der Waals surface area contributed by atoms with Gasteiger partial charge in [0.15, 0.2) is 0 Å². The molecule has 19 heavy (non-hydrogen) atoms. The zero-order valence-corrected chi connectivity index (χ0v) is 13.6. The molecular weight excluding hydrogens is 240 g/mol. The van der Waals surface area contributed by atoms with E-state index in [1.165, 1.54) is 7.11 Å². The van der Waals surface area contributed by atoms with Gasteiger partial charge in [-0.15, -0.1) is 0 Å². The Morgan fingerprint density at radius 1 is 1.37 bits per heavy atom. The molecule has 0 aromatic rings. The van der Waals surface area contributed by atoms with Gasteiger partial charge in [-0.1, -0.05) is 20.8 Å². The van der Waals surface area contributed by atoms with Crippen LogP contribution < -0.4 is 5.32 Å². The SMILES string of the molecule is CCNC(C)(CCCN(CC)C(C)CC)C(=O)OC. The number of rotatable bonds is 10. The summed E-state index contributed by atoms with van der Waals surface area (Å²) in [6.45, 7) is 13.5. The maximum atomic E-state index is 11.9. The molecule has 0 aliphatic carbocycles. The molecule has 114 valence electrons. The van der Waals surface area contributed by atoms with Crippen molar-refractivity contribution >= 4 is 5.97 Å². The lowest BCUT2D eigenvalue weighted by Crippen LogP contribution is -2.50. The van der Waals surface area contributed by atoms with Crippen LogP contribution in [0.4, 0.5) is 0 Å². The van der Waals surface area contributed by atoms with Gasteiger partial charge >= 0.3 is 5.97 Å². The number of esters is 1. The third-order valence-corrected chi connectivity index (χ3v) is 3.95. The summed E-state index contributed by atoms with van der Waals surface area (Å²) in [5.74, 6) is -0.166. The van der Waals surface area contributed by atoms with E-state index in [1.807, 2.05) is 13.8 Å². The molecule has 0 saturated heterocycles. The Labute approximate surface area is 118 Å². The van der Waals surface area contributed by atoms with Crippen LogP contribution in [0.25, 0.3) is 0 Å². The van der Waals surface area contributed by atoms with Crippen molar-refractivity contribution in [1.29, 1.82) is 0 Å². The average Bonchev–Trinajstić information content (AvgIpc) is 2.42. The molecule has 0 bridgehead atoms. The number of nitrogens with zero attached hydrogens (tertiary/aromatic N) is 1. The Morgan fingerprint density at radius 2 is 2.00 bits per heavy atom. The molecule has 0 radical (unpaired) electrons. The molecule has 0 rings (SSSR count). The summed E-state index contributed by atoms with van der Waals surface area (Å²) < 4.78 is 4.91. The van der Waals surface area contributed by atoms with E-state index in [-0.39, 0.29) is 5.97 Å². The summed E-state index contributed by atoms with van der Waals surface area (Å²) in [6, 6.07) is 0.605. The van der Waals surface area contributed by atoms with Crippen LogP contribution in [0.5, 0.6) is 0 Å². The van der Waals surface area contributed by atoms with Gasteiger partial charge in [-0.2, -0.15) is 0 Å². The molecule has 2 atom stereocenters. The maximum Gasteiger partial charge on any atom is 0.325 e. The standard InChI is InChI=1S/C15H32N2O2/c1-7-13(4)17(9-3)12-10-11-15(5,16-8-2)14(18)19-6/h13,16H,7-12H2,1-6H3. The van der Waals surface area contributed by atoms with Crippen LogP contribution in [0.3, 0.4) is 0 Å². The Bertz CT molecular complexity index is 259. The summed E-state index contributed by atoms with van der Waals surface area (Å²) >= 11 is 0. The second-order valence-corrected chi connectivity index (χ2v) is 5.34. The van der Waals surface area contributed by atoms with Crippen molar-refractivity contribution < 1.29 is 9.53 Å². The van der Waals surface area contributed by atoms with E-state index < -0.39 is 5.54 Å². The Hall–Kier alpha value is -0.610. The Morgan fingerprint density at radius 3 is 2.42 bits per heavy atom. The molecule has 0 heterocycles. The molecule has 0 saturated carbocycles. The van der Waals surface area contributed by atoms with Gasteiger partial charge in [0.05, 0.1) is 7.11 Å². The van der Waals surface area contributed by atoms with Gasteiger partial charge in [0.25, 0.3) is 0 Å². The molecule has 0 spiro atoms. The number of nitrogens with one attached hydrogen (secondary N) is 1. The summed E-state index contributed by atoms with van der Waals surface area (Å²) in [5, 5.41) is 3.25. The highest BCUT2D eigenvalue weighted by atomic mass is 16.5. The van der Waals surface area contributed by atoms with Crippen molar-refractivity contribution in [3.63, 3.8) is 0 Å². The quantitative estimate of drug-likeness (QED) is 0.620. The Balaban J connectivity index is 4.36. The van der Waals surface area contributed by atoms with Crippen molar-refractivity contribution in [1.82, 2.24) is 10.2 Å². The van der Waals surface area contributed by atoms with Gasteiger partial charge in [-0.25, -0.2) is 0 Å². The van der Waals surface area contributed by atoms with Gasteiger partial charge in [-0.3, -0.25) is 4.79 Å². The zero-order chi connectivity index (χ0) is 14.9. The predicted octanol–water partition coefficient (Wildman–Crippen LogP) is 2.43. The number of hydrogen-bond donors (Lipinski definition) is 1. The van der Waals surface area contributed by atoms with E-state index in [1.54, 1.807) is 0 Å². The van der Waals surface area contributed by atoms with Crippen LogP contribution in [-0.4, -0.2) is 49.2 Å². The topological polar surface area (TPSA) is 41.6 Å². The molecular formula is C15H32N2O2. The van der Waals surface area contributed by atoms with Gasteiger partial charge in [0, 0.05) is 6.04 Å². The fourth-order valence-corrected chi connectivity index (χ4v) is 2.46. The van der Waals surface area contributed by atoms with Crippen LogP contribution in [0.2, 0.25) is 0 Å². The second kappa shape index (κ2) is 9.32. The minimum Gasteiger partial charge on any atom is -0.468 e. The van der Waals surface area contributed by atoms with Crippen LogP contribution in [0, 0.1) is 0 Å². The van der Waals surface area contributed by atoms with Gasteiger partial charge < -0.3 is 15.0 Å². The summed E-state index contributed by atoms with van der Waals surface area (Å²) in [6.07, 6.45) is 2.96. The van der Waals surface area contributed by atoms with E-state index in [4.69, 9.17) is 4.74 Å². The van der Waals surface area contributed by atoms with Crippen LogP contribution in [0.1, 0.15) is 53.9 Å². The number of carbonyl (C=O) groups excluding carboxylic acids is 1. The monoisotopic (exact) mass is 272 g/mol. The predicted molar refractivity (Wildman–Crippen MR) is 80.3 cm³/mol. The largest absolute Gasteiger partial charge is 0.468 e. The van der Waals surface area contributed by atoms with Gasteiger partial charge in [0.1, 0.15) is 5.54 Å². The van der Waals surface area contributed by atoms with E-state index in [0.717, 1.165) is 38.9 Å². The summed E-state index contributed by atoms with van der Waals surface area (Å²) in [7, 11) is 1.45. The van der Waals surface area contributed by atoms with Crippen LogP contribution >= 0.6 is 0 Å². The van der Waals surface area contributed by atoms with Crippen molar-refractivity contribution in [3.8, 4) is 0 Å². The third-order valence-electron chi connectivity index (χ3n) is 3.95. The maximum absolute atomic E-state index is 11.9. The van der Waals surface area contributed by atoms with Crippen molar-refractivity contribution in [2.75, 3.05) is 26.7 Å². The lowest BCUT2D eigenvalue weighted by molar-refractivity contribution is -0.148. The van der Waals surface area contributed by atoms with E-state index in [9.17, 15) is 4.79 Å². The normalized spacial score (nSPS) is 16.2. The number of ether oxygens (including phenoxy) is 1. The first-order chi connectivity index (χ1) is 8.95. The minimum absolute atomic E-state index is 0.166. The molecule has 0 aliphatic heterocycles. The summed E-state index contributed by atoms with van der Waals surface area (Å²) in [5.41, 5.74) is -0.557. The van der Waals surface area contributed by atoms with E-state index in [0.29, 0.717) is 6.04 Å². The fourth-order valence-electron chi connectivity index (χ4n) is 2.46. The highest BCUT2D eigenvalue weighted by Gasteiger charge is 2.32. The second-order valence-electron chi connectivity index (χ2n) is 5.34. The lowest BCUT2D eigenvalue weighted by Gasteiger charge is -2.31. The highest BCUT2D eigenvalue weighted by molar-refractivity contribution is 5.80. The average molecular weight is 272 g/mol. The van der Waals surface area contributed by atoms with Crippen molar-refractivity contribution in [2.24, 2.45) is 0 Å². The first kappa shape index (κ1) is 18.4. The number of likely N-dealkylation sites (N-methyl/N-ethyl adjacent to an activating group) is 1. The number of carbonyl (C=O) groups is 1. The molecule has 0 amide bonds. The highest BCUT2D eigenvalue weighted by Crippen LogP contribution is 2.16. The fraction of sp³-hybridized carbons (Fsp3) is 0.933. The molecule has 4 heteroatoms. The van der Waals surface area contributed by atoms with Gasteiger partial charge in [0.2, 0.25) is 0 Å². The first-order valence-electron chi connectivity index (χ1n) is 7.52. The number of hydrogen-bond acceptors (Lipinski definition) is 4. The molecule has 0 aromatic heterocycles. The zero-order valence-electron chi connectivity index (χ0n) is 13.6. The number of methoxy groups -OCH3 is 1. The van der Waals surface area contributed by atoms with Crippen molar-refractivity contribution in [2.45, 2.75) is 65.5 Å². The molecule has 0 fully saturated rings.